The van der Waals surface area contributed by atoms with E-state index in [1.165, 1.54) is 6.07 Å². The van der Waals surface area contributed by atoms with Gasteiger partial charge in [0.1, 0.15) is 28.9 Å². The zero-order chi connectivity index (χ0) is 21.8. The van der Waals surface area contributed by atoms with Crippen molar-refractivity contribution in [1.82, 2.24) is 19.7 Å². The van der Waals surface area contributed by atoms with E-state index in [1.54, 1.807) is 60.4 Å². The number of carbonyl (C=O) groups excluding carboxylic acids is 1. The van der Waals surface area contributed by atoms with E-state index in [-0.39, 0.29) is 0 Å². The first-order chi connectivity index (χ1) is 15.0. The molecule has 0 radical (unpaired) electrons. The molecule has 0 aliphatic carbocycles. The van der Waals surface area contributed by atoms with Crippen molar-refractivity contribution in [2.45, 2.75) is 6.92 Å². The molecule has 2 aromatic carbocycles. The number of halogens is 2. The highest BCUT2D eigenvalue weighted by Gasteiger charge is 2.12. The Labute approximate surface area is 175 Å². The SMILES string of the molecule is Cc1nc(Oc2ccc(NC(=O)Nc3c(F)cccc3F)cc2)cc(-n2cccn2)n1. The van der Waals surface area contributed by atoms with E-state index in [0.717, 1.165) is 12.1 Å². The number of carbonyl (C=O) groups is 1. The molecule has 4 aromatic rings. The first-order valence-corrected chi connectivity index (χ1v) is 9.13. The van der Waals surface area contributed by atoms with Gasteiger partial charge in [0.2, 0.25) is 5.88 Å². The average molecular weight is 422 g/mol. The minimum absolute atomic E-state index is 0.325. The molecule has 0 atom stereocenters. The Kier molecular flexibility index (Phi) is 5.52. The third-order valence-electron chi connectivity index (χ3n) is 4.08. The smallest absolute Gasteiger partial charge is 0.323 e. The first-order valence-electron chi connectivity index (χ1n) is 9.13. The van der Waals surface area contributed by atoms with Gasteiger partial charge in [0, 0.05) is 24.1 Å². The maximum atomic E-state index is 13.6. The van der Waals surface area contributed by atoms with Crippen LogP contribution < -0.4 is 15.4 Å². The minimum atomic E-state index is -0.867. The van der Waals surface area contributed by atoms with Gasteiger partial charge in [-0.3, -0.25) is 0 Å². The van der Waals surface area contributed by atoms with Gasteiger partial charge in [-0.25, -0.2) is 23.2 Å². The molecule has 0 aliphatic rings. The van der Waals surface area contributed by atoms with Crippen LogP contribution >= 0.6 is 0 Å². The molecule has 0 bridgehead atoms. The van der Waals surface area contributed by atoms with Gasteiger partial charge in [-0.2, -0.15) is 10.1 Å². The molecule has 0 saturated heterocycles. The molecule has 2 amide bonds. The second-order valence-electron chi connectivity index (χ2n) is 6.36. The van der Waals surface area contributed by atoms with Crippen molar-refractivity contribution in [2.75, 3.05) is 10.6 Å². The Balaban J connectivity index is 1.42. The number of aromatic nitrogens is 4. The molecule has 8 nitrogen and oxygen atoms in total. The summed E-state index contributed by atoms with van der Waals surface area (Å²) in [5, 5.41) is 8.78. The van der Waals surface area contributed by atoms with Crippen LogP contribution in [0.4, 0.5) is 25.0 Å². The van der Waals surface area contributed by atoms with Crippen molar-refractivity contribution >= 4 is 17.4 Å². The van der Waals surface area contributed by atoms with Crippen molar-refractivity contribution in [3.63, 3.8) is 0 Å². The van der Waals surface area contributed by atoms with E-state index in [9.17, 15) is 13.6 Å². The summed E-state index contributed by atoms with van der Waals surface area (Å²) in [6, 6.07) is 12.3. The van der Waals surface area contributed by atoms with Gasteiger partial charge in [-0.15, -0.1) is 0 Å². The van der Waals surface area contributed by atoms with Crippen molar-refractivity contribution in [1.29, 1.82) is 0 Å². The second kappa shape index (κ2) is 8.57. The number of nitrogens with zero attached hydrogens (tertiary/aromatic N) is 4. The zero-order valence-corrected chi connectivity index (χ0v) is 16.2. The molecule has 0 saturated carbocycles. The first kappa shape index (κ1) is 20.0. The summed E-state index contributed by atoms with van der Waals surface area (Å²) in [6.07, 6.45) is 3.39. The van der Waals surface area contributed by atoms with Crippen LogP contribution in [0.25, 0.3) is 5.82 Å². The Hall–Kier alpha value is -4.34. The molecule has 156 valence electrons. The van der Waals surface area contributed by atoms with E-state index in [1.807, 2.05) is 0 Å². The normalized spacial score (nSPS) is 10.5. The van der Waals surface area contributed by atoms with E-state index >= 15 is 0 Å². The van der Waals surface area contributed by atoms with Gasteiger partial charge >= 0.3 is 6.03 Å². The molecule has 31 heavy (non-hydrogen) atoms. The Morgan fingerprint density at radius 2 is 1.74 bits per heavy atom. The van der Waals surface area contributed by atoms with Crippen molar-refractivity contribution in [2.24, 2.45) is 0 Å². The highest BCUT2D eigenvalue weighted by Crippen LogP contribution is 2.23. The topological polar surface area (TPSA) is 94.0 Å². The molecule has 0 aliphatic heterocycles. The van der Waals surface area contributed by atoms with Gasteiger partial charge < -0.3 is 15.4 Å². The third-order valence-corrected chi connectivity index (χ3v) is 4.08. The van der Waals surface area contributed by atoms with Crippen LogP contribution in [0.2, 0.25) is 0 Å². The highest BCUT2D eigenvalue weighted by atomic mass is 19.1. The quantitative estimate of drug-likeness (QED) is 0.487. The molecular formula is C21H16F2N6O2. The van der Waals surface area contributed by atoms with Gasteiger partial charge in [0.05, 0.1) is 0 Å². The van der Waals surface area contributed by atoms with E-state index in [2.05, 4.69) is 25.7 Å². The lowest BCUT2D eigenvalue weighted by molar-refractivity contribution is 0.262. The van der Waals surface area contributed by atoms with E-state index in [0.29, 0.717) is 29.0 Å². The molecule has 0 fully saturated rings. The second-order valence-corrected chi connectivity index (χ2v) is 6.36. The summed E-state index contributed by atoms with van der Waals surface area (Å²) in [5.74, 6) is 0.130. The molecule has 2 N–H and O–H groups in total. The summed E-state index contributed by atoms with van der Waals surface area (Å²) in [5.41, 5.74) is -0.121. The molecular weight excluding hydrogens is 406 g/mol. The third kappa shape index (κ3) is 4.81. The zero-order valence-electron chi connectivity index (χ0n) is 16.2. The van der Waals surface area contributed by atoms with Crippen LogP contribution in [0.1, 0.15) is 5.82 Å². The molecule has 2 heterocycles. The van der Waals surface area contributed by atoms with Crippen molar-refractivity contribution in [3.05, 3.63) is 84.4 Å². The van der Waals surface area contributed by atoms with Gasteiger partial charge in [-0.1, -0.05) is 6.07 Å². The molecule has 2 aromatic heterocycles. The largest absolute Gasteiger partial charge is 0.439 e. The number of urea groups is 1. The number of aryl methyl sites for hydroxylation is 1. The molecule has 0 spiro atoms. The minimum Gasteiger partial charge on any atom is -0.439 e. The van der Waals surface area contributed by atoms with Crippen molar-refractivity contribution < 1.29 is 18.3 Å². The maximum Gasteiger partial charge on any atom is 0.323 e. The number of hydrogen-bond acceptors (Lipinski definition) is 5. The summed E-state index contributed by atoms with van der Waals surface area (Å²) in [4.78, 5) is 20.6. The summed E-state index contributed by atoms with van der Waals surface area (Å²) in [6.45, 7) is 1.74. The number of para-hydroxylation sites is 1. The van der Waals surface area contributed by atoms with E-state index in [4.69, 9.17) is 4.74 Å². The summed E-state index contributed by atoms with van der Waals surface area (Å²) in [7, 11) is 0. The fourth-order valence-corrected chi connectivity index (χ4v) is 2.72. The Morgan fingerprint density at radius 1 is 1.00 bits per heavy atom. The average Bonchev–Trinajstić information content (AvgIpc) is 3.27. The Bertz CT molecular complexity index is 1190. The summed E-state index contributed by atoms with van der Waals surface area (Å²) < 4.78 is 34.6. The van der Waals surface area contributed by atoms with Crippen LogP contribution in [0.15, 0.2) is 67.0 Å². The number of nitrogens with one attached hydrogen (secondary N) is 2. The fourth-order valence-electron chi connectivity index (χ4n) is 2.72. The van der Waals surface area contributed by atoms with Crippen molar-refractivity contribution in [3.8, 4) is 17.4 Å². The number of rotatable bonds is 5. The van der Waals surface area contributed by atoms with E-state index < -0.39 is 23.4 Å². The monoisotopic (exact) mass is 422 g/mol. The standard InChI is InChI=1S/C21H16F2N6O2/c1-13-25-18(29-11-3-10-24-29)12-19(26-13)31-15-8-6-14(7-9-15)27-21(30)28-20-16(22)4-2-5-17(20)23/h2-12H,1H3,(H2,27,28,30). The number of benzene rings is 2. The maximum absolute atomic E-state index is 13.6. The van der Waals surface area contributed by atoms with Crippen LogP contribution in [0, 0.1) is 18.6 Å². The van der Waals surface area contributed by atoms with Gasteiger partial charge in [0.25, 0.3) is 0 Å². The van der Waals surface area contributed by atoms with Crippen LogP contribution in [-0.4, -0.2) is 25.8 Å². The van der Waals surface area contributed by atoms with Gasteiger partial charge in [0.15, 0.2) is 5.82 Å². The lowest BCUT2D eigenvalue weighted by Crippen LogP contribution is -2.20. The lowest BCUT2D eigenvalue weighted by Gasteiger charge is -2.10. The van der Waals surface area contributed by atoms with Crippen LogP contribution in [0.3, 0.4) is 0 Å². The highest BCUT2D eigenvalue weighted by molar-refractivity contribution is 5.99. The molecule has 4 rings (SSSR count). The molecule has 10 heteroatoms. The number of ether oxygens (including phenoxy) is 1. The fraction of sp³-hybridized carbons (Fsp3) is 0.0476. The molecule has 0 unspecified atom stereocenters. The lowest BCUT2D eigenvalue weighted by atomic mass is 10.3. The predicted octanol–water partition coefficient (Wildman–Crippen LogP) is 4.69. The number of anilines is 2. The van der Waals surface area contributed by atoms with Crippen LogP contribution in [-0.2, 0) is 0 Å². The predicted molar refractivity (Wildman–Crippen MR) is 109 cm³/mol. The summed E-state index contributed by atoms with van der Waals surface area (Å²) >= 11 is 0. The number of amides is 2. The number of hydrogen-bond donors (Lipinski definition) is 2. The van der Waals surface area contributed by atoms with Gasteiger partial charge in [-0.05, 0) is 49.4 Å². The van der Waals surface area contributed by atoms with Crippen LogP contribution in [0.5, 0.6) is 11.6 Å². The Morgan fingerprint density at radius 3 is 2.42 bits per heavy atom.